The summed E-state index contributed by atoms with van der Waals surface area (Å²) in [4.78, 5) is 6.35. The van der Waals surface area contributed by atoms with Gasteiger partial charge in [-0.2, -0.15) is 4.98 Å². The summed E-state index contributed by atoms with van der Waals surface area (Å²) in [5.74, 6) is 0.667. The zero-order valence-corrected chi connectivity index (χ0v) is 8.80. The minimum Gasteiger partial charge on any atom is -0.396 e. The Kier molecular flexibility index (Phi) is 3.69. The molecule has 0 spiro atoms. The van der Waals surface area contributed by atoms with Crippen LogP contribution in [0.2, 0.25) is 0 Å². The largest absolute Gasteiger partial charge is 0.396 e. The van der Waals surface area contributed by atoms with Crippen molar-refractivity contribution in [2.45, 2.75) is 38.3 Å². The van der Waals surface area contributed by atoms with Crippen LogP contribution in [0, 0.1) is 0 Å². The second kappa shape index (κ2) is 5.23. The van der Waals surface area contributed by atoms with Crippen molar-refractivity contribution in [3.05, 3.63) is 12.2 Å². The van der Waals surface area contributed by atoms with Crippen molar-refractivity contribution in [2.24, 2.45) is 0 Å². The second-order valence-electron chi connectivity index (χ2n) is 3.97. The molecule has 0 amide bonds. The summed E-state index contributed by atoms with van der Waals surface area (Å²) in [6.45, 7) is 2.03. The summed E-state index contributed by atoms with van der Waals surface area (Å²) in [5, 5.41) is 12.6. The maximum absolute atomic E-state index is 8.98. The first kappa shape index (κ1) is 10.6. The fourth-order valence-electron chi connectivity index (χ4n) is 2.18. The van der Waals surface area contributed by atoms with E-state index < -0.39 is 0 Å². The molecule has 1 fully saturated rings. The Balaban J connectivity index is 1.92. The summed E-state index contributed by atoms with van der Waals surface area (Å²) in [6.07, 6.45) is 5.91. The third-order valence-corrected chi connectivity index (χ3v) is 2.96. The summed E-state index contributed by atoms with van der Waals surface area (Å²) in [7, 11) is 0. The molecular formula is C10H17N3O2. The fourth-order valence-corrected chi connectivity index (χ4v) is 2.18. The topological polar surface area (TPSA) is 62.4 Å². The van der Waals surface area contributed by atoms with Gasteiger partial charge in [0.15, 0.2) is 6.33 Å². The summed E-state index contributed by atoms with van der Waals surface area (Å²) in [5.41, 5.74) is 0. The van der Waals surface area contributed by atoms with E-state index in [2.05, 4.69) is 15.0 Å². The molecule has 84 valence electrons. The molecule has 2 heterocycles. The molecule has 1 N–H and O–H groups in total. The van der Waals surface area contributed by atoms with Crippen molar-refractivity contribution >= 4 is 0 Å². The molecular weight excluding hydrogens is 194 g/mol. The Hall–Kier alpha value is -0.940. The van der Waals surface area contributed by atoms with Crippen LogP contribution in [0.4, 0.5) is 0 Å². The molecule has 0 aromatic carbocycles. The van der Waals surface area contributed by atoms with Crippen LogP contribution in [0.1, 0.15) is 31.6 Å². The van der Waals surface area contributed by atoms with Gasteiger partial charge >= 0.3 is 0 Å². The molecule has 15 heavy (non-hydrogen) atoms. The lowest BCUT2D eigenvalue weighted by Gasteiger charge is -2.34. The molecule has 1 unspecified atom stereocenters. The summed E-state index contributed by atoms with van der Waals surface area (Å²) in [6, 6.07) is 0.468. The molecule has 1 aromatic heterocycles. The number of aromatic nitrogens is 2. The normalized spacial score (nSPS) is 23.1. The van der Waals surface area contributed by atoms with Gasteiger partial charge < -0.3 is 9.63 Å². The number of likely N-dealkylation sites (tertiary alicyclic amines) is 1. The average Bonchev–Trinajstić information content (AvgIpc) is 2.74. The first-order valence-electron chi connectivity index (χ1n) is 5.50. The van der Waals surface area contributed by atoms with E-state index in [1.54, 1.807) is 0 Å². The molecule has 1 atom stereocenters. The maximum Gasteiger partial charge on any atom is 0.240 e. The SMILES string of the molecule is OCCC1CCCCN1Cc1ncno1. The van der Waals surface area contributed by atoms with Gasteiger partial charge in [-0.1, -0.05) is 11.6 Å². The first-order valence-corrected chi connectivity index (χ1v) is 5.50. The minimum atomic E-state index is 0.255. The third kappa shape index (κ3) is 2.76. The standard InChI is InChI=1S/C10H17N3O2/c14-6-4-9-3-1-2-5-13(9)7-10-11-8-12-15-10/h8-9,14H,1-7H2. The Morgan fingerprint density at radius 2 is 2.47 bits per heavy atom. The van der Waals surface area contributed by atoms with E-state index in [9.17, 15) is 0 Å². The van der Waals surface area contributed by atoms with Crippen LogP contribution in [-0.2, 0) is 6.54 Å². The minimum absolute atomic E-state index is 0.255. The fraction of sp³-hybridized carbons (Fsp3) is 0.800. The van der Waals surface area contributed by atoms with Crippen LogP contribution in [0.3, 0.4) is 0 Å². The van der Waals surface area contributed by atoms with Gasteiger partial charge in [0.2, 0.25) is 5.89 Å². The van der Waals surface area contributed by atoms with E-state index in [4.69, 9.17) is 9.63 Å². The number of hydrogen-bond donors (Lipinski definition) is 1. The lowest BCUT2D eigenvalue weighted by atomic mass is 10.00. The van der Waals surface area contributed by atoms with Crippen LogP contribution in [0.15, 0.2) is 10.9 Å². The van der Waals surface area contributed by atoms with E-state index >= 15 is 0 Å². The van der Waals surface area contributed by atoms with Crippen molar-refractivity contribution < 1.29 is 9.63 Å². The van der Waals surface area contributed by atoms with Crippen LogP contribution in [-0.4, -0.2) is 39.3 Å². The van der Waals surface area contributed by atoms with E-state index in [1.165, 1.54) is 19.2 Å². The number of aliphatic hydroxyl groups excluding tert-OH is 1. The Morgan fingerprint density at radius 1 is 1.53 bits per heavy atom. The van der Waals surface area contributed by atoms with Gasteiger partial charge in [0.05, 0.1) is 6.54 Å². The molecule has 0 bridgehead atoms. The quantitative estimate of drug-likeness (QED) is 0.798. The summed E-state index contributed by atoms with van der Waals surface area (Å²) >= 11 is 0. The van der Waals surface area contributed by atoms with E-state index in [0.29, 0.717) is 18.5 Å². The number of piperidine rings is 1. The zero-order chi connectivity index (χ0) is 10.5. The van der Waals surface area contributed by atoms with Crippen molar-refractivity contribution in [3.8, 4) is 0 Å². The van der Waals surface area contributed by atoms with Gasteiger partial charge in [-0.05, 0) is 25.8 Å². The lowest BCUT2D eigenvalue weighted by molar-refractivity contribution is 0.100. The van der Waals surface area contributed by atoms with E-state index in [-0.39, 0.29) is 6.61 Å². The van der Waals surface area contributed by atoms with Crippen molar-refractivity contribution in [3.63, 3.8) is 0 Å². The number of hydrogen-bond acceptors (Lipinski definition) is 5. The van der Waals surface area contributed by atoms with Crippen LogP contribution in [0.25, 0.3) is 0 Å². The highest BCUT2D eigenvalue weighted by atomic mass is 16.5. The van der Waals surface area contributed by atoms with Crippen LogP contribution >= 0.6 is 0 Å². The first-order chi connectivity index (χ1) is 7.40. The van der Waals surface area contributed by atoms with Gasteiger partial charge in [-0.25, -0.2) is 0 Å². The highest BCUT2D eigenvalue weighted by Crippen LogP contribution is 2.20. The molecule has 1 aliphatic rings. The maximum atomic E-state index is 8.98. The highest BCUT2D eigenvalue weighted by molar-refractivity contribution is 4.82. The highest BCUT2D eigenvalue weighted by Gasteiger charge is 2.23. The van der Waals surface area contributed by atoms with Gasteiger partial charge in [-0.15, -0.1) is 0 Å². The monoisotopic (exact) mass is 211 g/mol. The van der Waals surface area contributed by atoms with Gasteiger partial charge in [-0.3, -0.25) is 4.90 Å². The molecule has 0 radical (unpaired) electrons. The second-order valence-corrected chi connectivity index (χ2v) is 3.97. The smallest absolute Gasteiger partial charge is 0.240 e. The number of nitrogens with zero attached hydrogens (tertiary/aromatic N) is 3. The molecule has 1 saturated heterocycles. The lowest BCUT2D eigenvalue weighted by Crippen LogP contribution is -2.39. The predicted molar refractivity (Wildman–Crippen MR) is 54.0 cm³/mol. The molecule has 5 nitrogen and oxygen atoms in total. The van der Waals surface area contributed by atoms with Crippen LogP contribution < -0.4 is 0 Å². The molecule has 1 aliphatic heterocycles. The van der Waals surface area contributed by atoms with E-state index in [0.717, 1.165) is 19.4 Å². The number of rotatable bonds is 4. The van der Waals surface area contributed by atoms with Gasteiger partial charge in [0.25, 0.3) is 0 Å². The van der Waals surface area contributed by atoms with Crippen molar-refractivity contribution in [2.75, 3.05) is 13.2 Å². The molecule has 5 heteroatoms. The molecule has 1 aromatic rings. The Bertz CT molecular complexity index is 274. The van der Waals surface area contributed by atoms with Gasteiger partial charge in [0, 0.05) is 12.6 Å². The molecule has 2 rings (SSSR count). The third-order valence-electron chi connectivity index (χ3n) is 2.96. The Labute approximate surface area is 89.1 Å². The molecule has 0 saturated carbocycles. The predicted octanol–water partition coefficient (Wildman–Crippen LogP) is 0.806. The Morgan fingerprint density at radius 3 is 3.20 bits per heavy atom. The zero-order valence-electron chi connectivity index (χ0n) is 8.80. The molecule has 0 aliphatic carbocycles. The van der Waals surface area contributed by atoms with Gasteiger partial charge in [0.1, 0.15) is 0 Å². The van der Waals surface area contributed by atoms with Crippen molar-refractivity contribution in [1.29, 1.82) is 0 Å². The van der Waals surface area contributed by atoms with Crippen LogP contribution in [0.5, 0.6) is 0 Å². The summed E-state index contributed by atoms with van der Waals surface area (Å²) < 4.78 is 5.00. The van der Waals surface area contributed by atoms with E-state index in [1.807, 2.05) is 0 Å². The number of aliphatic hydroxyl groups is 1. The average molecular weight is 211 g/mol. The van der Waals surface area contributed by atoms with Crippen molar-refractivity contribution in [1.82, 2.24) is 15.0 Å².